The summed E-state index contributed by atoms with van der Waals surface area (Å²) in [4.78, 5) is 2.35. The Balaban J connectivity index is 2.52. The first-order valence-electron chi connectivity index (χ1n) is 4.30. The van der Waals surface area contributed by atoms with Crippen molar-refractivity contribution < 1.29 is 0 Å². The van der Waals surface area contributed by atoms with Gasteiger partial charge >= 0.3 is 0 Å². The van der Waals surface area contributed by atoms with E-state index >= 15 is 0 Å². The molecular formula is C9H18N2. The van der Waals surface area contributed by atoms with Crippen LogP contribution in [-0.4, -0.2) is 31.1 Å². The Morgan fingerprint density at radius 2 is 2.27 bits per heavy atom. The van der Waals surface area contributed by atoms with E-state index in [-0.39, 0.29) is 0 Å². The van der Waals surface area contributed by atoms with Crippen molar-refractivity contribution in [3.63, 3.8) is 0 Å². The minimum Gasteiger partial charge on any atom is -0.381 e. The summed E-state index contributed by atoms with van der Waals surface area (Å²) in [5.74, 6) is 0. The predicted molar refractivity (Wildman–Crippen MR) is 48.5 cm³/mol. The molecule has 1 aliphatic heterocycles. The molecule has 11 heavy (non-hydrogen) atoms. The van der Waals surface area contributed by atoms with Crippen LogP contribution in [0.15, 0.2) is 11.3 Å². The monoisotopic (exact) mass is 154 g/mol. The lowest BCUT2D eigenvalue weighted by Gasteiger charge is -2.23. The van der Waals surface area contributed by atoms with Crippen LogP contribution >= 0.6 is 0 Å². The maximum Gasteiger partial charge on any atom is 0.0545 e. The second kappa shape index (κ2) is 3.26. The molecule has 1 atom stereocenters. The highest BCUT2D eigenvalue weighted by Crippen LogP contribution is 2.16. The van der Waals surface area contributed by atoms with Crippen LogP contribution in [0.1, 0.15) is 20.8 Å². The summed E-state index contributed by atoms with van der Waals surface area (Å²) >= 11 is 0. The summed E-state index contributed by atoms with van der Waals surface area (Å²) in [6, 6.07) is 0.588. The Morgan fingerprint density at radius 1 is 1.73 bits per heavy atom. The van der Waals surface area contributed by atoms with Crippen molar-refractivity contribution >= 4 is 0 Å². The highest BCUT2D eigenvalue weighted by molar-refractivity contribution is 5.26. The first-order chi connectivity index (χ1) is 5.16. The van der Waals surface area contributed by atoms with Gasteiger partial charge in [-0.25, -0.2) is 0 Å². The van der Waals surface area contributed by atoms with Gasteiger partial charge in [0.25, 0.3) is 0 Å². The molecule has 0 aliphatic carbocycles. The average molecular weight is 154 g/mol. The van der Waals surface area contributed by atoms with Crippen LogP contribution < -0.4 is 5.32 Å². The summed E-state index contributed by atoms with van der Waals surface area (Å²) in [5.41, 5.74) is 2.94. The van der Waals surface area contributed by atoms with Crippen LogP contribution in [0.5, 0.6) is 0 Å². The van der Waals surface area contributed by atoms with Gasteiger partial charge in [0.05, 0.1) is 6.54 Å². The van der Waals surface area contributed by atoms with Gasteiger partial charge in [0, 0.05) is 11.7 Å². The topological polar surface area (TPSA) is 25.2 Å². The summed E-state index contributed by atoms with van der Waals surface area (Å²) in [5, 5.41) is 3.25. The summed E-state index contributed by atoms with van der Waals surface area (Å²) in [7, 11) is 2.16. The molecule has 0 amide bonds. The quantitative estimate of drug-likeness (QED) is 0.618. The van der Waals surface area contributed by atoms with Gasteiger partial charge in [0.15, 0.2) is 0 Å². The molecule has 2 heteroatoms. The zero-order chi connectivity index (χ0) is 8.43. The lowest BCUT2D eigenvalue weighted by molar-refractivity contribution is 0.302. The zero-order valence-corrected chi connectivity index (χ0v) is 7.94. The zero-order valence-electron chi connectivity index (χ0n) is 7.94. The second-order valence-electron chi connectivity index (χ2n) is 3.26. The van der Waals surface area contributed by atoms with Gasteiger partial charge in [-0.3, -0.25) is 0 Å². The third-order valence-electron chi connectivity index (χ3n) is 2.62. The smallest absolute Gasteiger partial charge is 0.0545 e. The first kappa shape index (κ1) is 8.60. The molecule has 0 saturated carbocycles. The van der Waals surface area contributed by atoms with Crippen LogP contribution in [0.3, 0.4) is 0 Å². The Labute approximate surface area is 69.3 Å². The minimum absolute atomic E-state index is 0.588. The lowest BCUT2D eigenvalue weighted by atomic mass is 10.1. The van der Waals surface area contributed by atoms with Gasteiger partial charge in [-0.1, -0.05) is 6.92 Å². The normalized spacial score (nSPS) is 23.0. The SMILES string of the molecule is CCN(C)C(C)/C(C)=C1\CN1. The van der Waals surface area contributed by atoms with Gasteiger partial charge < -0.3 is 10.2 Å². The van der Waals surface area contributed by atoms with Crippen LogP contribution in [0.25, 0.3) is 0 Å². The predicted octanol–water partition coefficient (Wildman–Crippen LogP) is 1.20. The van der Waals surface area contributed by atoms with Crippen LogP contribution in [-0.2, 0) is 0 Å². The van der Waals surface area contributed by atoms with Crippen LogP contribution in [0, 0.1) is 0 Å². The van der Waals surface area contributed by atoms with Crippen molar-refractivity contribution in [2.75, 3.05) is 20.1 Å². The molecule has 2 nitrogen and oxygen atoms in total. The molecule has 0 aromatic heterocycles. The molecule has 1 aliphatic rings. The minimum atomic E-state index is 0.588. The molecular weight excluding hydrogens is 136 g/mol. The van der Waals surface area contributed by atoms with Crippen molar-refractivity contribution in [3.05, 3.63) is 11.3 Å². The summed E-state index contributed by atoms with van der Waals surface area (Å²) in [6.45, 7) is 8.88. The van der Waals surface area contributed by atoms with E-state index in [1.807, 2.05) is 0 Å². The Hall–Kier alpha value is -0.500. The molecule has 1 heterocycles. The fourth-order valence-electron chi connectivity index (χ4n) is 1.18. The van der Waals surface area contributed by atoms with Crippen molar-refractivity contribution in [1.82, 2.24) is 10.2 Å². The van der Waals surface area contributed by atoms with Crippen LogP contribution in [0.2, 0.25) is 0 Å². The maximum absolute atomic E-state index is 3.25. The third-order valence-corrected chi connectivity index (χ3v) is 2.62. The number of nitrogens with zero attached hydrogens (tertiary/aromatic N) is 1. The maximum atomic E-state index is 3.25. The van der Waals surface area contributed by atoms with Crippen molar-refractivity contribution in [2.24, 2.45) is 0 Å². The molecule has 0 bridgehead atoms. The number of rotatable bonds is 3. The molecule has 1 N–H and O–H groups in total. The largest absolute Gasteiger partial charge is 0.381 e. The molecule has 0 aromatic carbocycles. The highest BCUT2D eigenvalue weighted by Gasteiger charge is 2.19. The van der Waals surface area contributed by atoms with E-state index in [9.17, 15) is 0 Å². The number of hydrogen-bond acceptors (Lipinski definition) is 2. The van der Waals surface area contributed by atoms with E-state index < -0.39 is 0 Å². The van der Waals surface area contributed by atoms with Gasteiger partial charge in [0.1, 0.15) is 0 Å². The van der Waals surface area contributed by atoms with Crippen LogP contribution in [0.4, 0.5) is 0 Å². The van der Waals surface area contributed by atoms with E-state index in [0.717, 1.165) is 13.1 Å². The first-order valence-corrected chi connectivity index (χ1v) is 4.30. The second-order valence-corrected chi connectivity index (χ2v) is 3.26. The molecule has 0 aromatic rings. The molecule has 1 saturated heterocycles. The van der Waals surface area contributed by atoms with Crippen molar-refractivity contribution in [2.45, 2.75) is 26.8 Å². The van der Waals surface area contributed by atoms with E-state index in [2.05, 4.69) is 38.0 Å². The average Bonchev–Trinajstić information content (AvgIpc) is 2.82. The third kappa shape index (κ3) is 1.96. The van der Waals surface area contributed by atoms with Crippen molar-refractivity contribution in [1.29, 1.82) is 0 Å². The fraction of sp³-hybridized carbons (Fsp3) is 0.778. The van der Waals surface area contributed by atoms with Gasteiger partial charge in [-0.2, -0.15) is 0 Å². The molecule has 1 rings (SSSR count). The van der Waals surface area contributed by atoms with E-state index in [1.54, 1.807) is 0 Å². The standard InChI is InChI=1S/C9H18N2/c1-5-11(4)8(3)7(2)9-6-10-9/h8,10H,5-6H2,1-4H3/b9-7+. The summed E-state index contributed by atoms with van der Waals surface area (Å²) < 4.78 is 0. The highest BCUT2D eigenvalue weighted by atomic mass is 15.1. The van der Waals surface area contributed by atoms with E-state index in [4.69, 9.17) is 0 Å². The molecule has 1 unspecified atom stereocenters. The Kier molecular flexibility index (Phi) is 2.55. The number of likely N-dealkylation sites (N-methyl/N-ethyl adjacent to an activating group) is 1. The molecule has 64 valence electrons. The number of nitrogens with one attached hydrogen (secondary N) is 1. The summed E-state index contributed by atoms with van der Waals surface area (Å²) in [6.07, 6.45) is 0. The van der Waals surface area contributed by atoms with Gasteiger partial charge in [0.2, 0.25) is 0 Å². The Morgan fingerprint density at radius 3 is 2.64 bits per heavy atom. The van der Waals surface area contributed by atoms with Crippen molar-refractivity contribution in [3.8, 4) is 0 Å². The molecule has 0 radical (unpaired) electrons. The van der Waals surface area contributed by atoms with E-state index in [1.165, 1.54) is 11.3 Å². The van der Waals surface area contributed by atoms with Gasteiger partial charge in [-0.05, 0) is 33.0 Å². The lowest BCUT2D eigenvalue weighted by Crippen LogP contribution is -2.29. The molecule has 0 spiro atoms. The fourth-order valence-corrected chi connectivity index (χ4v) is 1.18. The Bertz CT molecular complexity index is 166. The van der Waals surface area contributed by atoms with Gasteiger partial charge in [-0.15, -0.1) is 0 Å². The molecule has 1 fully saturated rings. The number of hydrogen-bond donors (Lipinski definition) is 1. The van der Waals surface area contributed by atoms with E-state index in [0.29, 0.717) is 6.04 Å².